The van der Waals surface area contributed by atoms with Crippen molar-refractivity contribution in [3.63, 3.8) is 0 Å². The zero-order chi connectivity index (χ0) is 18.1. The molecule has 6 nitrogen and oxygen atoms in total. The van der Waals surface area contributed by atoms with E-state index >= 15 is 0 Å². The summed E-state index contributed by atoms with van der Waals surface area (Å²) in [6, 6.07) is 1.72. The standard InChI is InChI=1S/C20H28N2O4/c1-15(23)22-10-18(13-26-11-16-2-3-16)20(14-22)5-7-21(8-6-20)19(24)17-4-9-25-12-17/h4,9,12,16,18H,2-3,5-8,10-11,13-14H2,1H3. The molecule has 1 unspecified atom stereocenters. The second-order valence-electron chi connectivity index (χ2n) is 8.24. The maximum absolute atomic E-state index is 12.5. The monoisotopic (exact) mass is 360 g/mol. The summed E-state index contributed by atoms with van der Waals surface area (Å²) in [6.45, 7) is 6.29. The first-order valence-electron chi connectivity index (χ1n) is 9.72. The van der Waals surface area contributed by atoms with Gasteiger partial charge in [-0.15, -0.1) is 0 Å². The van der Waals surface area contributed by atoms with Gasteiger partial charge in [0.25, 0.3) is 5.91 Å². The van der Waals surface area contributed by atoms with E-state index in [1.165, 1.54) is 25.4 Å². The molecule has 0 radical (unpaired) electrons. The third kappa shape index (κ3) is 3.52. The van der Waals surface area contributed by atoms with Crippen LogP contribution >= 0.6 is 0 Å². The summed E-state index contributed by atoms with van der Waals surface area (Å²) in [5.41, 5.74) is 0.699. The molecule has 1 saturated carbocycles. The van der Waals surface area contributed by atoms with Gasteiger partial charge >= 0.3 is 0 Å². The number of hydrogen-bond donors (Lipinski definition) is 0. The number of likely N-dealkylation sites (tertiary alicyclic amines) is 2. The Morgan fingerprint density at radius 3 is 2.62 bits per heavy atom. The number of ether oxygens (including phenoxy) is 1. The summed E-state index contributed by atoms with van der Waals surface area (Å²) in [5.74, 6) is 1.31. The van der Waals surface area contributed by atoms with Crippen LogP contribution in [0.3, 0.4) is 0 Å². The largest absolute Gasteiger partial charge is 0.472 e. The van der Waals surface area contributed by atoms with Crippen LogP contribution in [-0.4, -0.2) is 61.0 Å². The van der Waals surface area contributed by atoms with E-state index in [4.69, 9.17) is 9.15 Å². The fourth-order valence-electron chi connectivity index (χ4n) is 4.45. The molecule has 2 aliphatic heterocycles. The average molecular weight is 360 g/mol. The normalized spacial score (nSPS) is 25.0. The van der Waals surface area contributed by atoms with Gasteiger partial charge in [0.2, 0.25) is 5.91 Å². The number of piperidine rings is 1. The molecular formula is C20H28N2O4. The summed E-state index contributed by atoms with van der Waals surface area (Å²) < 4.78 is 11.0. The van der Waals surface area contributed by atoms with Crippen molar-refractivity contribution < 1.29 is 18.7 Å². The van der Waals surface area contributed by atoms with Crippen molar-refractivity contribution in [2.45, 2.75) is 32.6 Å². The lowest BCUT2D eigenvalue weighted by Gasteiger charge is -2.42. The zero-order valence-corrected chi connectivity index (χ0v) is 15.5. The Balaban J connectivity index is 1.39. The van der Waals surface area contributed by atoms with Crippen LogP contribution in [0.25, 0.3) is 0 Å². The van der Waals surface area contributed by atoms with Crippen molar-refractivity contribution in [2.75, 3.05) is 39.4 Å². The number of nitrogens with zero attached hydrogens (tertiary/aromatic N) is 2. The Morgan fingerprint density at radius 1 is 1.23 bits per heavy atom. The fourth-order valence-corrected chi connectivity index (χ4v) is 4.45. The van der Waals surface area contributed by atoms with Gasteiger partial charge in [0.05, 0.1) is 18.4 Å². The number of hydrogen-bond acceptors (Lipinski definition) is 4. The van der Waals surface area contributed by atoms with Crippen LogP contribution in [0.1, 0.15) is 43.0 Å². The highest BCUT2D eigenvalue weighted by Gasteiger charge is 2.49. The van der Waals surface area contributed by atoms with Crippen LogP contribution in [0, 0.1) is 17.3 Å². The molecule has 26 heavy (non-hydrogen) atoms. The maximum Gasteiger partial charge on any atom is 0.257 e. The van der Waals surface area contributed by atoms with Crippen molar-refractivity contribution in [1.82, 2.24) is 9.80 Å². The quantitative estimate of drug-likeness (QED) is 0.809. The van der Waals surface area contributed by atoms with Crippen molar-refractivity contribution >= 4 is 11.8 Å². The summed E-state index contributed by atoms with van der Waals surface area (Å²) in [5, 5.41) is 0. The van der Waals surface area contributed by atoms with Crippen LogP contribution in [0.2, 0.25) is 0 Å². The highest BCUT2D eigenvalue weighted by molar-refractivity contribution is 5.93. The number of amides is 2. The molecule has 0 N–H and O–H groups in total. The van der Waals surface area contributed by atoms with Crippen LogP contribution in [-0.2, 0) is 9.53 Å². The van der Waals surface area contributed by atoms with E-state index in [1.807, 2.05) is 9.80 Å². The molecule has 1 aliphatic carbocycles. The molecule has 0 bridgehead atoms. The van der Waals surface area contributed by atoms with Crippen LogP contribution in [0.4, 0.5) is 0 Å². The predicted molar refractivity (Wildman–Crippen MR) is 95.6 cm³/mol. The third-order valence-corrected chi connectivity index (χ3v) is 6.44. The number of carbonyl (C=O) groups excluding carboxylic acids is 2. The Kier molecular flexibility index (Phi) is 4.78. The molecule has 142 valence electrons. The maximum atomic E-state index is 12.5. The second-order valence-corrected chi connectivity index (χ2v) is 8.24. The Bertz CT molecular complexity index is 645. The molecule has 4 rings (SSSR count). The van der Waals surface area contributed by atoms with Gasteiger partial charge in [-0.1, -0.05) is 0 Å². The van der Waals surface area contributed by atoms with Gasteiger partial charge in [0.15, 0.2) is 0 Å². The van der Waals surface area contributed by atoms with E-state index < -0.39 is 0 Å². The van der Waals surface area contributed by atoms with Gasteiger partial charge < -0.3 is 19.0 Å². The van der Waals surface area contributed by atoms with Gasteiger partial charge in [-0.3, -0.25) is 9.59 Å². The van der Waals surface area contributed by atoms with Crippen LogP contribution in [0.15, 0.2) is 23.0 Å². The number of furan rings is 1. The van der Waals surface area contributed by atoms with E-state index in [1.54, 1.807) is 13.0 Å². The molecule has 1 spiro atoms. The molecule has 3 heterocycles. The molecule has 3 fully saturated rings. The first-order valence-corrected chi connectivity index (χ1v) is 9.72. The summed E-state index contributed by atoms with van der Waals surface area (Å²) >= 11 is 0. The minimum atomic E-state index is 0.0385. The molecular weight excluding hydrogens is 332 g/mol. The van der Waals surface area contributed by atoms with Crippen molar-refractivity contribution in [2.24, 2.45) is 17.3 Å². The third-order valence-electron chi connectivity index (χ3n) is 6.44. The Labute approximate surface area is 154 Å². The van der Waals surface area contributed by atoms with Gasteiger partial charge in [0, 0.05) is 45.6 Å². The highest BCUT2D eigenvalue weighted by Crippen LogP contribution is 2.45. The fraction of sp³-hybridized carbons (Fsp3) is 0.700. The summed E-state index contributed by atoms with van der Waals surface area (Å²) in [7, 11) is 0. The smallest absolute Gasteiger partial charge is 0.257 e. The first kappa shape index (κ1) is 17.6. The van der Waals surface area contributed by atoms with Gasteiger partial charge in [-0.05, 0) is 43.1 Å². The topological polar surface area (TPSA) is 63.0 Å². The van der Waals surface area contributed by atoms with E-state index in [-0.39, 0.29) is 17.2 Å². The molecule has 6 heteroatoms. The first-order chi connectivity index (χ1) is 12.6. The Morgan fingerprint density at radius 2 is 2.00 bits per heavy atom. The second kappa shape index (κ2) is 7.06. The highest BCUT2D eigenvalue weighted by atomic mass is 16.5. The molecule has 1 aromatic heterocycles. The lowest BCUT2D eigenvalue weighted by Crippen LogP contribution is -2.47. The Hall–Kier alpha value is -1.82. The molecule has 0 aromatic carbocycles. The van der Waals surface area contributed by atoms with Crippen molar-refractivity contribution in [3.05, 3.63) is 24.2 Å². The minimum Gasteiger partial charge on any atom is -0.472 e. The average Bonchev–Trinajstić information content (AvgIpc) is 3.16. The van der Waals surface area contributed by atoms with Crippen molar-refractivity contribution in [1.29, 1.82) is 0 Å². The lowest BCUT2D eigenvalue weighted by atomic mass is 9.71. The molecule has 1 aromatic rings. The number of carbonyl (C=O) groups is 2. The SMILES string of the molecule is CC(=O)N1CC(COCC2CC2)C2(CCN(C(=O)c3ccoc3)CC2)C1. The minimum absolute atomic E-state index is 0.0385. The zero-order valence-electron chi connectivity index (χ0n) is 15.5. The van der Waals surface area contributed by atoms with E-state index in [2.05, 4.69) is 0 Å². The van der Waals surface area contributed by atoms with E-state index in [0.717, 1.165) is 58.2 Å². The van der Waals surface area contributed by atoms with E-state index in [9.17, 15) is 9.59 Å². The molecule has 1 atom stereocenters. The summed E-state index contributed by atoms with van der Waals surface area (Å²) in [6.07, 6.45) is 7.48. The van der Waals surface area contributed by atoms with Gasteiger partial charge in [-0.2, -0.15) is 0 Å². The van der Waals surface area contributed by atoms with Gasteiger partial charge in [0.1, 0.15) is 6.26 Å². The molecule has 2 saturated heterocycles. The van der Waals surface area contributed by atoms with Crippen molar-refractivity contribution in [3.8, 4) is 0 Å². The van der Waals surface area contributed by atoms with E-state index in [0.29, 0.717) is 11.5 Å². The van der Waals surface area contributed by atoms with Crippen LogP contribution in [0.5, 0.6) is 0 Å². The predicted octanol–water partition coefficient (Wildman–Crippen LogP) is 2.41. The molecule has 2 amide bonds. The molecule has 3 aliphatic rings. The van der Waals surface area contributed by atoms with Crippen LogP contribution < -0.4 is 0 Å². The lowest BCUT2D eigenvalue weighted by molar-refractivity contribution is -0.128. The van der Waals surface area contributed by atoms with Gasteiger partial charge in [-0.25, -0.2) is 0 Å². The number of rotatable bonds is 5. The summed E-state index contributed by atoms with van der Waals surface area (Å²) in [4.78, 5) is 28.4.